The lowest BCUT2D eigenvalue weighted by atomic mass is 10.1. The minimum absolute atomic E-state index is 0.208. The summed E-state index contributed by atoms with van der Waals surface area (Å²) in [7, 11) is 0. The van der Waals surface area contributed by atoms with Crippen molar-refractivity contribution in [3.63, 3.8) is 0 Å². The molecule has 0 amide bonds. The first-order valence-corrected chi connectivity index (χ1v) is 4.16. The van der Waals surface area contributed by atoms with Gasteiger partial charge in [0.15, 0.2) is 0 Å². The van der Waals surface area contributed by atoms with Gasteiger partial charge in [-0.05, 0) is 6.42 Å². The normalized spacial score (nSPS) is 27.5. The molecule has 0 radical (unpaired) electrons. The Kier molecular flexibility index (Phi) is 2.87. The van der Waals surface area contributed by atoms with Crippen molar-refractivity contribution in [3.05, 3.63) is 0 Å². The molecule has 86 valence electrons. The van der Waals surface area contributed by atoms with E-state index in [4.69, 9.17) is 0 Å². The predicted octanol–water partition coefficient (Wildman–Crippen LogP) is 1.59. The highest BCUT2D eigenvalue weighted by atomic mass is 19.3. The van der Waals surface area contributed by atoms with Gasteiger partial charge >= 0.3 is 12.0 Å². The van der Waals surface area contributed by atoms with Gasteiger partial charge in [-0.25, -0.2) is 0 Å². The van der Waals surface area contributed by atoms with Crippen molar-refractivity contribution in [2.45, 2.75) is 31.2 Å². The molecule has 0 unspecified atom stereocenters. The number of hydrogen-bond acceptors (Lipinski definition) is 3. The molecular formula is C7H10F4N4. The van der Waals surface area contributed by atoms with Crippen LogP contribution in [-0.4, -0.2) is 29.5 Å². The maximum Gasteiger partial charge on any atom is 0.345 e. The maximum absolute atomic E-state index is 13.2. The van der Waals surface area contributed by atoms with Crippen LogP contribution in [0.15, 0.2) is 10.2 Å². The summed E-state index contributed by atoms with van der Waals surface area (Å²) in [5.41, 5.74) is 0. The van der Waals surface area contributed by atoms with Gasteiger partial charge in [0.2, 0.25) is 5.84 Å². The van der Waals surface area contributed by atoms with E-state index in [9.17, 15) is 17.6 Å². The molecule has 1 fully saturated rings. The molecule has 1 aliphatic heterocycles. The fourth-order valence-electron chi connectivity index (χ4n) is 1.37. The van der Waals surface area contributed by atoms with Crippen molar-refractivity contribution in [2.75, 3.05) is 0 Å². The molecule has 0 spiro atoms. The zero-order valence-electron chi connectivity index (χ0n) is 7.76. The Morgan fingerprint density at radius 1 is 1.27 bits per heavy atom. The Hall–Kier alpha value is -1.34. The van der Waals surface area contributed by atoms with E-state index >= 15 is 0 Å². The van der Waals surface area contributed by atoms with E-state index in [0.717, 1.165) is 0 Å². The van der Waals surface area contributed by atoms with Crippen LogP contribution in [0.2, 0.25) is 0 Å². The third-order valence-electron chi connectivity index (χ3n) is 2.07. The summed E-state index contributed by atoms with van der Waals surface area (Å²) in [6.07, 6.45) is -1.81. The molecule has 0 aromatic heterocycles. The minimum atomic E-state index is -3.53. The van der Waals surface area contributed by atoms with Gasteiger partial charge in [0, 0.05) is 19.6 Å². The van der Waals surface area contributed by atoms with Crippen LogP contribution in [0.5, 0.6) is 0 Å². The predicted molar refractivity (Wildman–Crippen MR) is 46.8 cm³/mol. The van der Waals surface area contributed by atoms with Gasteiger partial charge in [-0.2, -0.15) is 32.8 Å². The van der Waals surface area contributed by atoms with Crippen molar-refractivity contribution in [3.8, 4) is 0 Å². The first-order chi connectivity index (χ1) is 6.85. The molecule has 8 heteroatoms. The Bertz CT molecular complexity index is 289. The lowest BCUT2D eigenvalue weighted by Gasteiger charge is -2.27. The highest BCUT2D eigenvalue weighted by Crippen LogP contribution is 2.37. The van der Waals surface area contributed by atoms with Crippen LogP contribution in [0.25, 0.3) is 0 Å². The first kappa shape index (κ1) is 11.7. The number of alkyl halides is 4. The van der Waals surface area contributed by atoms with Gasteiger partial charge < -0.3 is 5.84 Å². The molecule has 2 N–H and O–H groups in total. The average molecular weight is 226 g/mol. The molecule has 1 heterocycles. The van der Waals surface area contributed by atoms with Crippen molar-refractivity contribution in [2.24, 2.45) is 16.0 Å². The molecule has 1 aliphatic rings. The van der Waals surface area contributed by atoms with Crippen LogP contribution in [0.1, 0.15) is 19.3 Å². The fourth-order valence-corrected chi connectivity index (χ4v) is 1.37. The third-order valence-corrected chi connectivity index (χ3v) is 2.07. The Balaban J connectivity index is 3.17. The monoisotopic (exact) mass is 226 g/mol. The van der Waals surface area contributed by atoms with Gasteiger partial charge in [-0.15, -0.1) is 0 Å². The topological polar surface area (TPSA) is 54.0 Å². The Morgan fingerprint density at radius 3 is 2.33 bits per heavy atom. The zero-order chi connectivity index (χ0) is 11.7. The van der Waals surface area contributed by atoms with Crippen molar-refractivity contribution < 1.29 is 17.6 Å². The number of nitrogens with two attached hydrogens (primary N) is 1. The number of amidine groups is 1. The van der Waals surface area contributed by atoms with Crippen LogP contribution in [0, 0.1) is 0 Å². The number of rotatable bonds is 1. The molecule has 0 saturated carbocycles. The van der Waals surface area contributed by atoms with Crippen LogP contribution in [0.3, 0.4) is 0 Å². The molecule has 1 saturated heterocycles. The number of nitrogens with zero attached hydrogens (tertiary/aromatic N) is 3. The van der Waals surface area contributed by atoms with Crippen LogP contribution < -0.4 is 5.84 Å². The average Bonchev–Trinajstić information content (AvgIpc) is 2.19. The Labute approximate surface area is 83.4 Å². The molecule has 15 heavy (non-hydrogen) atoms. The third kappa shape index (κ3) is 2.02. The number of hydrogen-bond donors (Lipinski definition) is 1. The molecule has 0 aromatic carbocycles. The highest BCUT2D eigenvalue weighted by molar-refractivity contribution is 5.89. The van der Waals surface area contributed by atoms with Crippen LogP contribution >= 0.6 is 0 Å². The molecule has 0 aromatic rings. The summed E-state index contributed by atoms with van der Waals surface area (Å²) in [6.45, 7) is 2.81. The van der Waals surface area contributed by atoms with E-state index in [2.05, 4.69) is 22.8 Å². The van der Waals surface area contributed by atoms with Gasteiger partial charge in [0.1, 0.15) is 0 Å². The zero-order valence-corrected chi connectivity index (χ0v) is 7.76. The van der Waals surface area contributed by atoms with Gasteiger partial charge in [-0.3, -0.25) is 0 Å². The summed E-state index contributed by atoms with van der Waals surface area (Å²) < 4.78 is 52.9. The highest BCUT2D eigenvalue weighted by Gasteiger charge is 2.52. The van der Waals surface area contributed by atoms with Crippen LogP contribution in [0.4, 0.5) is 17.6 Å². The lowest BCUT2D eigenvalue weighted by molar-refractivity contribution is -0.116. The Morgan fingerprint density at radius 2 is 1.87 bits per heavy atom. The molecule has 4 nitrogen and oxygen atoms in total. The molecule has 0 aliphatic carbocycles. The van der Waals surface area contributed by atoms with Gasteiger partial charge in [0.25, 0.3) is 0 Å². The standard InChI is InChI=1S/C7H10F4N4/c1-13-15-5(14-12)6(8,9)3-2-4-7(15,10)11/h1-4,12H2/b14-5-. The SMILES string of the molecule is C=NN1/C(=N\N)C(F)(F)CCCC1(F)F. The molecular weight excluding hydrogens is 216 g/mol. The number of halogens is 4. The largest absolute Gasteiger partial charge is 0.345 e. The summed E-state index contributed by atoms with van der Waals surface area (Å²) in [6, 6.07) is -3.53. The summed E-state index contributed by atoms with van der Waals surface area (Å²) >= 11 is 0. The van der Waals surface area contributed by atoms with Crippen molar-refractivity contribution in [1.29, 1.82) is 0 Å². The second-order valence-corrected chi connectivity index (χ2v) is 3.13. The summed E-state index contributed by atoms with van der Waals surface area (Å²) in [4.78, 5) is 0. The van der Waals surface area contributed by atoms with Crippen molar-refractivity contribution >= 4 is 12.6 Å². The number of hydrazone groups is 2. The van der Waals surface area contributed by atoms with E-state index in [0.29, 0.717) is 0 Å². The van der Waals surface area contributed by atoms with E-state index in [1.165, 1.54) is 0 Å². The van der Waals surface area contributed by atoms with E-state index < -0.39 is 30.6 Å². The second kappa shape index (κ2) is 3.67. The minimum Gasteiger partial charge on any atom is -0.321 e. The van der Waals surface area contributed by atoms with E-state index in [1.54, 1.807) is 0 Å². The molecule has 0 atom stereocenters. The van der Waals surface area contributed by atoms with Gasteiger partial charge in [0.05, 0.1) is 0 Å². The van der Waals surface area contributed by atoms with E-state index in [1.807, 2.05) is 0 Å². The quantitative estimate of drug-likeness (QED) is 0.243. The van der Waals surface area contributed by atoms with Gasteiger partial charge in [-0.1, -0.05) is 0 Å². The molecule has 0 bridgehead atoms. The first-order valence-electron chi connectivity index (χ1n) is 4.16. The van der Waals surface area contributed by atoms with E-state index in [-0.39, 0.29) is 11.4 Å². The fraction of sp³-hybridized carbons (Fsp3) is 0.714. The summed E-state index contributed by atoms with van der Waals surface area (Å²) in [5.74, 6) is -0.0735. The smallest absolute Gasteiger partial charge is 0.321 e. The van der Waals surface area contributed by atoms with Crippen LogP contribution in [-0.2, 0) is 0 Å². The second-order valence-electron chi connectivity index (χ2n) is 3.13. The summed E-state index contributed by atoms with van der Waals surface area (Å²) in [5, 5.41) is 5.33. The maximum atomic E-state index is 13.2. The lowest BCUT2D eigenvalue weighted by Crippen LogP contribution is -2.47. The van der Waals surface area contributed by atoms with Crippen molar-refractivity contribution in [1.82, 2.24) is 5.01 Å². The molecule has 1 rings (SSSR count).